The van der Waals surface area contributed by atoms with Gasteiger partial charge in [0.2, 0.25) is 5.91 Å². The highest BCUT2D eigenvalue weighted by molar-refractivity contribution is 6.06. The maximum atomic E-state index is 14.0. The molecule has 2 aromatic carbocycles. The molecular weight excluding hydrogens is 379 g/mol. The second kappa shape index (κ2) is 8.26. The summed E-state index contributed by atoms with van der Waals surface area (Å²) >= 11 is 0. The Morgan fingerprint density at radius 2 is 1.76 bits per heavy atom. The smallest absolute Gasteiger partial charge is 0.293 e. The third kappa shape index (κ3) is 4.18. The van der Waals surface area contributed by atoms with E-state index in [9.17, 15) is 24.1 Å². The van der Waals surface area contributed by atoms with Crippen LogP contribution in [-0.4, -0.2) is 54.9 Å². The highest BCUT2D eigenvalue weighted by Gasteiger charge is 2.27. The molecule has 1 saturated heterocycles. The van der Waals surface area contributed by atoms with Crippen LogP contribution in [-0.2, 0) is 4.79 Å². The average molecular weight is 400 g/mol. The minimum atomic E-state index is -0.558. The van der Waals surface area contributed by atoms with Crippen molar-refractivity contribution in [1.29, 1.82) is 0 Å². The van der Waals surface area contributed by atoms with Crippen molar-refractivity contribution in [2.75, 3.05) is 43.0 Å². The van der Waals surface area contributed by atoms with Crippen LogP contribution in [0.3, 0.4) is 0 Å². The summed E-state index contributed by atoms with van der Waals surface area (Å²) in [6.07, 6.45) is 0. The van der Waals surface area contributed by atoms with Crippen LogP contribution in [0.1, 0.15) is 17.3 Å². The molecule has 0 aliphatic carbocycles. The first kappa shape index (κ1) is 20.2. The molecule has 0 spiro atoms. The Hall–Kier alpha value is -3.49. The molecule has 3 rings (SSSR count). The van der Waals surface area contributed by atoms with Crippen LogP contribution >= 0.6 is 0 Å². The molecule has 8 nitrogen and oxygen atoms in total. The van der Waals surface area contributed by atoms with Gasteiger partial charge in [-0.05, 0) is 24.3 Å². The molecule has 0 N–H and O–H groups in total. The van der Waals surface area contributed by atoms with E-state index in [0.29, 0.717) is 31.9 Å². The fourth-order valence-electron chi connectivity index (χ4n) is 3.36. The Morgan fingerprint density at radius 1 is 1.10 bits per heavy atom. The van der Waals surface area contributed by atoms with E-state index >= 15 is 0 Å². The highest BCUT2D eigenvalue weighted by atomic mass is 19.1. The molecule has 2 aromatic rings. The fraction of sp³-hybridized carbons (Fsp3) is 0.300. The van der Waals surface area contributed by atoms with Gasteiger partial charge in [-0.2, -0.15) is 0 Å². The van der Waals surface area contributed by atoms with E-state index in [0.717, 1.165) is 4.90 Å². The van der Waals surface area contributed by atoms with E-state index in [1.807, 2.05) is 4.90 Å². The normalized spacial score (nSPS) is 13.9. The van der Waals surface area contributed by atoms with Crippen LogP contribution in [0.5, 0.6) is 0 Å². The number of rotatable bonds is 4. The summed E-state index contributed by atoms with van der Waals surface area (Å²) in [6.45, 7) is 3.36. The van der Waals surface area contributed by atoms with Gasteiger partial charge in [-0.3, -0.25) is 19.7 Å². The van der Waals surface area contributed by atoms with Crippen molar-refractivity contribution in [3.63, 3.8) is 0 Å². The van der Waals surface area contributed by atoms with Crippen LogP contribution < -0.4 is 9.80 Å². The highest BCUT2D eigenvalue weighted by Crippen LogP contribution is 2.31. The SMILES string of the molecule is CC(=O)N1CCN(c2ccc(C(=O)N(C)c3ccccc3F)cc2[N+](=O)[O-])CC1. The molecule has 0 radical (unpaired) electrons. The van der Waals surface area contributed by atoms with Crippen molar-refractivity contribution < 1.29 is 18.9 Å². The number of nitro benzene ring substituents is 1. The number of hydrogen-bond donors (Lipinski definition) is 0. The van der Waals surface area contributed by atoms with Crippen molar-refractivity contribution in [1.82, 2.24) is 4.90 Å². The standard InChI is InChI=1S/C20H21FN4O4/c1-14(26)23-9-11-24(12-10-23)18-8-7-15(13-19(18)25(28)29)20(27)22(2)17-6-4-3-5-16(17)21/h3-8,13H,9-12H2,1-2H3. The quantitative estimate of drug-likeness (QED) is 0.582. The lowest BCUT2D eigenvalue weighted by Crippen LogP contribution is -2.48. The van der Waals surface area contributed by atoms with Gasteiger partial charge in [0.05, 0.1) is 10.6 Å². The molecule has 1 heterocycles. The molecule has 152 valence electrons. The van der Waals surface area contributed by atoms with Gasteiger partial charge >= 0.3 is 0 Å². The third-order valence-electron chi connectivity index (χ3n) is 5.00. The van der Waals surface area contributed by atoms with Gasteiger partial charge in [-0.15, -0.1) is 0 Å². The molecule has 0 bridgehead atoms. The van der Waals surface area contributed by atoms with Crippen LogP contribution in [0.2, 0.25) is 0 Å². The number of amides is 2. The second-order valence-electron chi connectivity index (χ2n) is 6.77. The van der Waals surface area contributed by atoms with E-state index in [4.69, 9.17) is 0 Å². The van der Waals surface area contributed by atoms with E-state index in [1.54, 1.807) is 11.0 Å². The molecule has 1 aliphatic rings. The van der Waals surface area contributed by atoms with Gasteiger partial charge in [0, 0.05) is 51.8 Å². The lowest BCUT2D eigenvalue weighted by atomic mass is 10.1. The van der Waals surface area contributed by atoms with E-state index in [1.165, 1.54) is 50.4 Å². The zero-order chi connectivity index (χ0) is 21.1. The predicted molar refractivity (Wildman–Crippen MR) is 107 cm³/mol. The first-order valence-corrected chi connectivity index (χ1v) is 9.11. The Morgan fingerprint density at radius 3 is 2.34 bits per heavy atom. The van der Waals surface area contributed by atoms with Crippen LogP contribution in [0.4, 0.5) is 21.5 Å². The minimum absolute atomic E-state index is 0.0312. The Balaban J connectivity index is 1.87. The van der Waals surface area contributed by atoms with Gasteiger partial charge in [-0.25, -0.2) is 4.39 Å². The van der Waals surface area contributed by atoms with Gasteiger partial charge < -0.3 is 14.7 Å². The van der Waals surface area contributed by atoms with Crippen molar-refractivity contribution in [3.8, 4) is 0 Å². The number of nitrogens with zero attached hydrogens (tertiary/aromatic N) is 4. The summed E-state index contributed by atoms with van der Waals surface area (Å²) in [7, 11) is 1.42. The number of piperazine rings is 1. The molecule has 1 aliphatic heterocycles. The zero-order valence-electron chi connectivity index (χ0n) is 16.2. The average Bonchev–Trinajstić information content (AvgIpc) is 2.72. The summed E-state index contributed by atoms with van der Waals surface area (Å²) < 4.78 is 14.0. The summed E-state index contributed by atoms with van der Waals surface area (Å²) in [5, 5.41) is 11.6. The van der Waals surface area contributed by atoms with Gasteiger partial charge in [-0.1, -0.05) is 12.1 Å². The predicted octanol–water partition coefficient (Wildman–Crippen LogP) is 2.68. The molecule has 0 aromatic heterocycles. The van der Waals surface area contributed by atoms with Gasteiger partial charge in [0.1, 0.15) is 11.5 Å². The maximum Gasteiger partial charge on any atom is 0.293 e. The maximum absolute atomic E-state index is 14.0. The Kier molecular flexibility index (Phi) is 5.76. The topological polar surface area (TPSA) is 87.0 Å². The molecule has 0 saturated carbocycles. The molecule has 0 atom stereocenters. The summed E-state index contributed by atoms with van der Waals surface area (Å²) in [5.41, 5.74) is 0.371. The largest absolute Gasteiger partial charge is 0.362 e. The molecule has 2 amide bonds. The Bertz CT molecular complexity index is 957. The molecule has 1 fully saturated rings. The zero-order valence-corrected chi connectivity index (χ0v) is 16.2. The monoisotopic (exact) mass is 400 g/mol. The summed E-state index contributed by atoms with van der Waals surface area (Å²) in [5.74, 6) is -1.14. The number of carbonyl (C=O) groups is 2. The molecule has 0 unspecified atom stereocenters. The number of benzene rings is 2. The molecule has 9 heteroatoms. The second-order valence-corrected chi connectivity index (χ2v) is 6.77. The number of halogens is 1. The first-order valence-electron chi connectivity index (χ1n) is 9.11. The first-order chi connectivity index (χ1) is 13.8. The van der Waals surface area contributed by atoms with Crippen molar-refractivity contribution >= 4 is 28.9 Å². The number of para-hydroxylation sites is 1. The number of hydrogen-bond acceptors (Lipinski definition) is 5. The number of nitro groups is 1. The minimum Gasteiger partial charge on any atom is -0.362 e. The fourth-order valence-corrected chi connectivity index (χ4v) is 3.36. The van der Waals surface area contributed by atoms with Gasteiger partial charge in [0.15, 0.2) is 0 Å². The summed E-state index contributed by atoms with van der Waals surface area (Å²) in [6, 6.07) is 10.1. The van der Waals surface area contributed by atoms with Crippen LogP contribution in [0, 0.1) is 15.9 Å². The van der Waals surface area contributed by atoms with Crippen molar-refractivity contribution in [2.24, 2.45) is 0 Å². The number of anilines is 2. The van der Waals surface area contributed by atoms with Crippen molar-refractivity contribution in [3.05, 3.63) is 64.0 Å². The van der Waals surface area contributed by atoms with E-state index in [-0.39, 0.29) is 22.8 Å². The van der Waals surface area contributed by atoms with Crippen LogP contribution in [0.25, 0.3) is 0 Å². The van der Waals surface area contributed by atoms with Gasteiger partial charge in [0.25, 0.3) is 11.6 Å². The molecular formula is C20H21FN4O4. The van der Waals surface area contributed by atoms with Crippen LogP contribution in [0.15, 0.2) is 42.5 Å². The summed E-state index contributed by atoms with van der Waals surface area (Å²) in [4.78, 5) is 40.0. The van der Waals surface area contributed by atoms with E-state index < -0.39 is 16.6 Å². The number of carbonyl (C=O) groups excluding carboxylic acids is 2. The van der Waals surface area contributed by atoms with Crippen molar-refractivity contribution in [2.45, 2.75) is 6.92 Å². The lowest BCUT2D eigenvalue weighted by molar-refractivity contribution is -0.384. The third-order valence-corrected chi connectivity index (χ3v) is 5.00. The van der Waals surface area contributed by atoms with E-state index in [2.05, 4.69) is 0 Å². The Labute approximate surface area is 167 Å². The lowest BCUT2D eigenvalue weighted by Gasteiger charge is -2.35. The molecule has 29 heavy (non-hydrogen) atoms.